The van der Waals surface area contributed by atoms with Gasteiger partial charge in [0.1, 0.15) is 6.07 Å². The molecule has 0 aromatic carbocycles. The van der Waals surface area contributed by atoms with Crippen molar-refractivity contribution >= 4 is 5.82 Å². The van der Waals surface area contributed by atoms with Crippen molar-refractivity contribution in [2.24, 2.45) is 0 Å². The van der Waals surface area contributed by atoms with Crippen LogP contribution in [0.1, 0.15) is 55.8 Å². The fraction of sp³-hybridized carbons (Fsp3) is 0.643. The maximum absolute atomic E-state index is 9.51. The van der Waals surface area contributed by atoms with Crippen LogP contribution in [-0.2, 0) is 0 Å². The van der Waals surface area contributed by atoms with Gasteiger partial charge in [-0.1, -0.05) is 0 Å². The van der Waals surface area contributed by atoms with Crippen LogP contribution < -0.4 is 5.32 Å². The number of hydrogen-bond donors (Lipinski definition) is 2. The van der Waals surface area contributed by atoms with Crippen molar-refractivity contribution in [3.63, 3.8) is 0 Å². The maximum Gasteiger partial charge on any atom is 0.183 e. The molecule has 3 rings (SSSR count). The molecular formula is C14H18N4O. The molecule has 1 aromatic rings. The molecule has 19 heavy (non-hydrogen) atoms. The first-order chi connectivity index (χ1) is 9.26. The first-order valence-electron chi connectivity index (χ1n) is 6.98. The molecule has 2 N–H and O–H groups in total. The molecular weight excluding hydrogens is 240 g/mol. The summed E-state index contributed by atoms with van der Waals surface area (Å²) in [4.78, 5) is 8.76. The third-order valence-corrected chi connectivity index (χ3v) is 3.93. The summed E-state index contributed by atoms with van der Waals surface area (Å²) in [7, 11) is 0. The molecule has 2 fully saturated rings. The minimum Gasteiger partial charge on any atom is -0.393 e. The lowest BCUT2D eigenvalue weighted by Gasteiger charge is -2.26. The molecule has 2 aliphatic carbocycles. The lowest BCUT2D eigenvalue weighted by atomic mass is 9.93. The summed E-state index contributed by atoms with van der Waals surface area (Å²) >= 11 is 0. The van der Waals surface area contributed by atoms with E-state index in [-0.39, 0.29) is 6.10 Å². The molecule has 0 saturated heterocycles. The van der Waals surface area contributed by atoms with Gasteiger partial charge in [-0.05, 0) is 38.5 Å². The van der Waals surface area contributed by atoms with Gasteiger partial charge in [0.25, 0.3) is 0 Å². The van der Waals surface area contributed by atoms with E-state index in [0.717, 1.165) is 31.4 Å². The largest absolute Gasteiger partial charge is 0.393 e. The maximum atomic E-state index is 9.51. The molecule has 0 bridgehead atoms. The summed E-state index contributed by atoms with van der Waals surface area (Å²) in [5.41, 5.74) is 1.37. The first kappa shape index (κ1) is 12.4. The highest BCUT2D eigenvalue weighted by Gasteiger charge is 2.27. The number of hydrogen-bond acceptors (Lipinski definition) is 5. The Bertz CT molecular complexity index is 499. The number of anilines is 1. The standard InChI is InChI=1S/C14H18N4O/c15-7-12-14(17-10-3-5-11(19)6-4-10)18-13(8-16-12)9-1-2-9/h8-11,19H,1-6H2,(H,17,18)/t10-,11+. The Morgan fingerprint density at radius 1 is 1.21 bits per heavy atom. The van der Waals surface area contributed by atoms with Gasteiger partial charge in [0.05, 0.1) is 18.0 Å². The van der Waals surface area contributed by atoms with Crippen molar-refractivity contribution in [2.45, 2.75) is 56.6 Å². The summed E-state index contributed by atoms with van der Waals surface area (Å²) in [6.45, 7) is 0. The lowest BCUT2D eigenvalue weighted by molar-refractivity contribution is 0.126. The molecule has 0 aliphatic heterocycles. The second kappa shape index (κ2) is 5.14. The van der Waals surface area contributed by atoms with Crippen LogP contribution in [0, 0.1) is 11.3 Å². The summed E-state index contributed by atoms with van der Waals surface area (Å²) in [5.74, 6) is 1.15. The van der Waals surface area contributed by atoms with Gasteiger partial charge in [0.15, 0.2) is 11.5 Å². The zero-order valence-corrected chi connectivity index (χ0v) is 10.8. The van der Waals surface area contributed by atoms with E-state index in [0.29, 0.717) is 23.5 Å². The van der Waals surface area contributed by atoms with Gasteiger partial charge in [-0.25, -0.2) is 9.97 Å². The molecule has 0 unspecified atom stereocenters. The number of nitrogens with one attached hydrogen (secondary N) is 1. The Hall–Kier alpha value is -1.67. The molecule has 0 amide bonds. The summed E-state index contributed by atoms with van der Waals surface area (Å²) < 4.78 is 0. The van der Waals surface area contributed by atoms with E-state index in [2.05, 4.69) is 21.4 Å². The molecule has 100 valence electrons. The fourth-order valence-corrected chi connectivity index (χ4v) is 2.57. The molecule has 2 aliphatic rings. The topological polar surface area (TPSA) is 81.8 Å². The average Bonchev–Trinajstić information content (AvgIpc) is 3.26. The quantitative estimate of drug-likeness (QED) is 0.865. The van der Waals surface area contributed by atoms with E-state index in [1.165, 1.54) is 12.8 Å². The van der Waals surface area contributed by atoms with Crippen LogP contribution in [0.15, 0.2) is 6.20 Å². The molecule has 1 aromatic heterocycles. The van der Waals surface area contributed by atoms with Gasteiger partial charge >= 0.3 is 0 Å². The zero-order chi connectivity index (χ0) is 13.2. The molecule has 0 spiro atoms. The van der Waals surface area contributed by atoms with Crippen molar-refractivity contribution in [3.05, 3.63) is 17.6 Å². The SMILES string of the molecule is N#Cc1ncc(C2CC2)nc1N[C@H]1CC[C@@H](O)CC1. The lowest BCUT2D eigenvalue weighted by Crippen LogP contribution is -2.29. The Labute approximate surface area is 112 Å². The second-order valence-electron chi connectivity index (χ2n) is 5.53. The Kier molecular flexibility index (Phi) is 3.34. The Morgan fingerprint density at radius 2 is 1.95 bits per heavy atom. The summed E-state index contributed by atoms with van der Waals surface area (Å²) in [6, 6.07) is 2.39. The Balaban J connectivity index is 1.75. The molecule has 2 saturated carbocycles. The van der Waals surface area contributed by atoms with Crippen molar-refractivity contribution in [1.82, 2.24) is 9.97 Å². The van der Waals surface area contributed by atoms with Crippen LogP contribution in [0.2, 0.25) is 0 Å². The predicted molar refractivity (Wildman–Crippen MR) is 70.6 cm³/mol. The number of rotatable bonds is 3. The van der Waals surface area contributed by atoms with E-state index >= 15 is 0 Å². The van der Waals surface area contributed by atoms with Gasteiger partial charge in [-0.2, -0.15) is 5.26 Å². The van der Waals surface area contributed by atoms with Gasteiger partial charge in [-0.3, -0.25) is 0 Å². The zero-order valence-electron chi connectivity index (χ0n) is 10.8. The van der Waals surface area contributed by atoms with Gasteiger partial charge in [0.2, 0.25) is 0 Å². The van der Waals surface area contributed by atoms with Gasteiger partial charge in [-0.15, -0.1) is 0 Å². The van der Waals surface area contributed by atoms with E-state index < -0.39 is 0 Å². The minimum atomic E-state index is -0.169. The number of aromatic nitrogens is 2. The third-order valence-electron chi connectivity index (χ3n) is 3.93. The van der Waals surface area contributed by atoms with E-state index in [1.807, 2.05) is 0 Å². The van der Waals surface area contributed by atoms with Crippen molar-refractivity contribution in [3.8, 4) is 6.07 Å². The molecule has 0 atom stereocenters. The van der Waals surface area contributed by atoms with Crippen molar-refractivity contribution < 1.29 is 5.11 Å². The van der Waals surface area contributed by atoms with Crippen LogP contribution in [0.3, 0.4) is 0 Å². The van der Waals surface area contributed by atoms with Crippen LogP contribution in [0.25, 0.3) is 0 Å². The van der Waals surface area contributed by atoms with Crippen LogP contribution in [0.4, 0.5) is 5.82 Å². The van der Waals surface area contributed by atoms with Gasteiger partial charge in [0, 0.05) is 12.0 Å². The van der Waals surface area contributed by atoms with Crippen LogP contribution in [0.5, 0.6) is 0 Å². The highest BCUT2D eigenvalue weighted by Crippen LogP contribution is 2.39. The molecule has 0 radical (unpaired) electrons. The monoisotopic (exact) mass is 258 g/mol. The number of aliphatic hydroxyl groups excluding tert-OH is 1. The highest BCUT2D eigenvalue weighted by molar-refractivity contribution is 5.48. The van der Waals surface area contributed by atoms with E-state index in [1.54, 1.807) is 6.20 Å². The third kappa shape index (κ3) is 2.85. The summed E-state index contributed by atoms with van der Waals surface area (Å²) in [5, 5.41) is 22.0. The van der Waals surface area contributed by atoms with Crippen molar-refractivity contribution in [2.75, 3.05) is 5.32 Å². The normalized spacial score (nSPS) is 26.7. The predicted octanol–water partition coefficient (Wildman–Crippen LogP) is 1.94. The summed E-state index contributed by atoms with van der Waals surface area (Å²) in [6.07, 6.45) is 7.38. The molecule has 5 heteroatoms. The number of nitrogens with zero attached hydrogens (tertiary/aromatic N) is 3. The molecule has 5 nitrogen and oxygen atoms in total. The average molecular weight is 258 g/mol. The fourth-order valence-electron chi connectivity index (χ4n) is 2.57. The molecule has 1 heterocycles. The second-order valence-corrected chi connectivity index (χ2v) is 5.53. The van der Waals surface area contributed by atoms with Crippen LogP contribution >= 0.6 is 0 Å². The first-order valence-corrected chi connectivity index (χ1v) is 6.98. The van der Waals surface area contributed by atoms with Crippen molar-refractivity contribution in [1.29, 1.82) is 5.26 Å². The number of nitriles is 1. The smallest absolute Gasteiger partial charge is 0.183 e. The number of aliphatic hydroxyl groups is 1. The van der Waals surface area contributed by atoms with Gasteiger partial charge < -0.3 is 10.4 Å². The van der Waals surface area contributed by atoms with Crippen LogP contribution in [-0.4, -0.2) is 27.2 Å². The Morgan fingerprint density at radius 3 is 2.58 bits per heavy atom. The highest BCUT2D eigenvalue weighted by atomic mass is 16.3. The van der Waals surface area contributed by atoms with E-state index in [4.69, 9.17) is 5.26 Å². The van der Waals surface area contributed by atoms with E-state index in [9.17, 15) is 5.11 Å². The minimum absolute atomic E-state index is 0.169.